The summed E-state index contributed by atoms with van der Waals surface area (Å²) in [6.07, 6.45) is 16.5. The van der Waals surface area contributed by atoms with Gasteiger partial charge in [-0.2, -0.15) is 0 Å². The third-order valence-electron chi connectivity index (χ3n) is 4.97. The first-order valence-electron chi connectivity index (χ1n) is 10.7. The Hall–Kier alpha value is -0.570. The molecule has 0 aliphatic rings. The Morgan fingerprint density at radius 3 is 1.62 bits per heavy atom. The Balaban J connectivity index is 3.51. The molecular weight excluding hydrogens is 296 g/mol. The summed E-state index contributed by atoms with van der Waals surface area (Å²) in [5.74, 6) is 0.227. The third-order valence-corrected chi connectivity index (χ3v) is 4.97. The second kappa shape index (κ2) is 17.3. The molecule has 3 heteroatoms. The first-order chi connectivity index (χ1) is 11.7. The quantitative estimate of drug-likeness (QED) is 0.265. The SMILES string of the molecule is CCCCCCCCCCCCCC(=O)NC(CC)N(CC)CC. The van der Waals surface area contributed by atoms with Crippen molar-refractivity contribution in [1.29, 1.82) is 0 Å². The van der Waals surface area contributed by atoms with E-state index in [2.05, 4.69) is 37.9 Å². The molecule has 0 aromatic carbocycles. The van der Waals surface area contributed by atoms with Gasteiger partial charge in [0.15, 0.2) is 0 Å². The number of unbranched alkanes of at least 4 members (excludes halogenated alkanes) is 10. The van der Waals surface area contributed by atoms with Crippen molar-refractivity contribution in [3.05, 3.63) is 0 Å². The van der Waals surface area contributed by atoms with Gasteiger partial charge in [0, 0.05) is 6.42 Å². The van der Waals surface area contributed by atoms with E-state index in [1.807, 2.05) is 0 Å². The maximum absolute atomic E-state index is 12.1. The molecule has 0 aromatic rings. The van der Waals surface area contributed by atoms with E-state index in [1.54, 1.807) is 0 Å². The second-order valence-electron chi connectivity index (χ2n) is 7.00. The average Bonchev–Trinajstić information content (AvgIpc) is 2.59. The predicted octanol–water partition coefficient (Wildman–Crippen LogP) is 5.88. The van der Waals surface area contributed by atoms with Gasteiger partial charge < -0.3 is 5.32 Å². The number of hydrogen-bond acceptors (Lipinski definition) is 2. The van der Waals surface area contributed by atoms with Gasteiger partial charge in [0.05, 0.1) is 6.17 Å². The lowest BCUT2D eigenvalue weighted by atomic mass is 10.1. The van der Waals surface area contributed by atoms with Crippen LogP contribution in [0.2, 0.25) is 0 Å². The molecule has 1 atom stereocenters. The minimum atomic E-state index is 0.209. The van der Waals surface area contributed by atoms with Crippen LogP contribution in [0.15, 0.2) is 0 Å². The summed E-state index contributed by atoms with van der Waals surface area (Å²) in [5, 5.41) is 3.19. The van der Waals surface area contributed by atoms with E-state index < -0.39 is 0 Å². The highest BCUT2D eigenvalue weighted by Crippen LogP contribution is 2.12. The van der Waals surface area contributed by atoms with Gasteiger partial charge in [-0.15, -0.1) is 0 Å². The molecule has 1 amide bonds. The van der Waals surface area contributed by atoms with Crippen LogP contribution < -0.4 is 5.32 Å². The predicted molar refractivity (Wildman–Crippen MR) is 106 cm³/mol. The standard InChI is InChI=1S/C21H44N2O/c1-5-9-10-11-12-13-14-15-16-17-18-19-21(24)22-20(6-2)23(7-3)8-4/h20H,5-19H2,1-4H3,(H,22,24). The molecule has 0 heterocycles. The monoisotopic (exact) mass is 340 g/mol. The van der Waals surface area contributed by atoms with Crippen LogP contribution in [-0.4, -0.2) is 30.1 Å². The number of carbonyl (C=O) groups excluding carboxylic acids is 1. The lowest BCUT2D eigenvalue weighted by Crippen LogP contribution is -2.47. The molecule has 0 spiro atoms. The van der Waals surface area contributed by atoms with Gasteiger partial charge in [0.1, 0.15) is 0 Å². The highest BCUT2D eigenvalue weighted by atomic mass is 16.1. The summed E-state index contributed by atoms with van der Waals surface area (Å²) in [4.78, 5) is 14.4. The molecule has 0 rings (SSSR count). The normalized spacial score (nSPS) is 12.5. The molecule has 0 aliphatic heterocycles. The first kappa shape index (κ1) is 23.4. The average molecular weight is 341 g/mol. The van der Waals surface area contributed by atoms with E-state index in [9.17, 15) is 4.79 Å². The summed E-state index contributed by atoms with van der Waals surface area (Å²) >= 11 is 0. The van der Waals surface area contributed by atoms with E-state index >= 15 is 0 Å². The van der Waals surface area contributed by atoms with Crippen molar-refractivity contribution in [3.8, 4) is 0 Å². The van der Waals surface area contributed by atoms with Crippen LogP contribution in [-0.2, 0) is 4.79 Å². The van der Waals surface area contributed by atoms with Crippen LogP contribution in [0.1, 0.15) is 111 Å². The van der Waals surface area contributed by atoms with Crippen molar-refractivity contribution in [3.63, 3.8) is 0 Å². The van der Waals surface area contributed by atoms with Gasteiger partial charge in [-0.3, -0.25) is 9.69 Å². The molecule has 1 unspecified atom stereocenters. The van der Waals surface area contributed by atoms with Gasteiger partial charge in [-0.25, -0.2) is 0 Å². The summed E-state index contributed by atoms with van der Waals surface area (Å²) < 4.78 is 0. The first-order valence-corrected chi connectivity index (χ1v) is 10.7. The van der Waals surface area contributed by atoms with E-state index in [1.165, 1.54) is 64.2 Å². The molecule has 0 fully saturated rings. The van der Waals surface area contributed by atoms with Crippen molar-refractivity contribution < 1.29 is 4.79 Å². The zero-order valence-electron chi connectivity index (χ0n) is 17.0. The molecule has 0 radical (unpaired) electrons. The molecule has 1 N–H and O–H groups in total. The van der Waals surface area contributed by atoms with Crippen LogP contribution >= 0.6 is 0 Å². The molecule has 24 heavy (non-hydrogen) atoms. The molecule has 0 saturated heterocycles. The van der Waals surface area contributed by atoms with Crippen molar-refractivity contribution in [2.45, 2.75) is 117 Å². The molecule has 0 aliphatic carbocycles. The van der Waals surface area contributed by atoms with Crippen molar-refractivity contribution >= 4 is 5.91 Å². The Morgan fingerprint density at radius 1 is 0.750 bits per heavy atom. The third kappa shape index (κ3) is 12.8. The van der Waals surface area contributed by atoms with Crippen molar-refractivity contribution in [2.24, 2.45) is 0 Å². The topological polar surface area (TPSA) is 32.3 Å². The Kier molecular flexibility index (Phi) is 16.8. The zero-order chi connectivity index (χ0) is 18.0. The second-order valence-corrected chi connectivity index (χ2v) is 7.00. The Labute approximate surface area is 152 Å². The molecule has 144 valence electrons. The lowest BCUT2D eigenvalue weighted by Gasteiger charge is -2.29. The number of carbonyl (C=O) groups is 1. The van der Waals surface area contributed by atoms with Gasteiger partial charge >= 0.3 is 0 Å². The largest absolute Gasteiger partial charge is 0.341 e. The summed E-state index contributed by atoms with van der Waals surface area (Å²) in [6, 6.07) is 0. The van der Waals surface area contributed by atoms with Gasteiger partial charge in [-0.1, -0.05) is 91.9 Å². The van der Waals surface area contributed by atoms with E-state index in [0.717, 1.165) is 25.9 Å². The molecule has 0 aromatic heterocycles. The van der Waals surface area contributed by atoms with Crippen molar-refractivity contribution in [2.75, 3.05) is 13.1 Å². The van der Waals surface area contributed by atoms with Crippen LogP contribution in [0, 0.1) is 0 Å². The lowest BCUT2D eigenvalue weighted by molar-refractivity contribution is -0.123. The number of hydrogen-bond donors (Lipinski definition) is 1. The fourth-order valence-electron chi connectivity index (χ4n) is 3.32. The smallest absolute Gasteiger partial charge is 0.221 e. The van der Waals surface area contributed by atoms with Gasteiger partial charge in [-0.05, 0) is 25.9 Å². The van der Waals surface area contributed by atoms with E-state index in [-0.39, 0.29) is 12.1 Å². The van der Waals surface area contributed by atoms with E-state index in [0.29, 0.717) is 6.42 Å². The Bertz CT molecular complexity index is 277. The molecule has 0 bridgehead atoms. The minimum Gasteiger partial charge on any atom is -0.341 e. The maximum atomic E-state index is 12.1. The van der Waals surface area contributed by atoms with E-state index in [4.69, 9.17) is 0 Å². The highest BCUT2D eigenvalue weighted by molar-refractivity contribution is 5.76. The molecule has 0 saturated carbocycles. The number of nitrogens with zero attached hydrogens (tertiary/aromatic N) is 1. The van der Waals surface area contributed by atoms with Crippen LogP contribution in [0.3, 0.4) is 0 Å². The van der Waals surface area contributed by atoms with Crippen LogP contribution in [0.4, 0.5) is 0 Å². The van der Waals surface area contributed by atoms with Crippen molar-refractivity contribution in [1.82, 2.24) is 10.2 Å². The van der Waals surface area contributed by atoms with Crippen LogP contribution in [0.25, 0.3) is 0 Å². The number of amides is 1. The summed E-state index contributed by atoms with van der Waals surface area (Å²) in [6.45, 7) is 10.7. The summed E-state index contributed by atoms with van der Waals surface area (Å²) in [7, 11) is 0. The highest BCUT2D eigenvalue weighted by Gasteiger charge is 2.15. The van der Waals surface area contributed by atoms with Gasteiger partial charge in [0.2, 0.25) is 5.91 Å². The fourth-order valence-corrected chi connectivity index (χ4v) is 3.32. The maximum Gasteiger partial charge on any atom is 0.221 e. The molecular formula is C21H44N2O. The Morgan fingerprint density at radius 2 is 1.21 bits per heavy atom. The summed E-state index contributed by atoms with van der Waals surface area (Å²) in [5.41, 5.74) is 0. The van der Waals surface area contributed by atoms with Crippen LogP contribution in [0.5, 0.6) is 0 Å². The molecule has 3 nitrogen and oxygen atoms in total. The fraction of sp³-hybridized carbons (Fsp3) is 0.952. The number of rotatable bonds is 17. The zero-order valence-corrected chi connectivity index (χ0v) is 17.0. The number of nitrogens with one attached hydrogen (secondary N) is 1. The minimum absolute atomic E-state index is 0.209. The van der Waals surface area contributed by atoms with Gasteiger partial charge in [0.25, 0.3) is 0 Å².